The van der Waals surface area contributed by atoms with Crippen LogP contribution in [0.4, 0.5) is 4.39 Å². The van der Waals surface area contributed by atoms with Gasteiger partial charge in [0.25, 0.3) is 0 Å². The van der Waals surface area contributed by atoms with Crippen LogP contribution in [-0.4, -0.2) is 36.9 Å². The molecule has 2 atom stereocenters. The van der Waals surface area contributed by atoms with Gasteiger partial charge in [0.05, 0.1) is 10.9 Å². The van der Waals surface area contributed by atoms with Gasteiger partial charge in [0.1, 0.15) is 10.7 Å². The Morgan fingerprint density at radius 2 is 2.10 bits per heavy atom. The molecular formula is C12H13ClFNO4S. The molecule has 20 heavy (non-hydrogen) atoms. The Labute approximate surface area is 121 Å². The van der Waals surface area contributed by atoms with Crippen molar-refractivity contribution in [1.82, 2.24) is 4.31 Å². The Bertz CT molecular complexity index is 649. The van der Waals surface area contributed by atoms with Crippen LogP contribution in [-0.2, 0) is 14.8 Å². The average Bonchev–Trinajstić information content (AvgIpc) is 2.75. The summed E-state index contributed by atoms with van der Waals surface area (Å²) in [6, 6.07) is 3.07. The first-order valence-corrected chi connectivity index (χ1v) is 7.73. The van der Waals surface area contributed by atoms with Crippen molar-refractivity contribution in [2.45, 2.75) is 11.8 Å². The molecule has 8 heteroatoms. The molecule has 1 aromatic carbocycles. The third-order valence-electron chi connectivity index (χ3n) is 3.41. The van der Waals surface area contributed by atoms with Crippen LogP contribution >= 0.6 is 11.6 Å². The second kappa shape index (κ2) is 5.31. The Balaban J connectivity index is 2.37. The summed E-state index contributed by atoms with van der Waals surface area (Å²) in [6.45, 7) is 1.61. The van der Waals surface area contributed by atoms with Gasteiger partial charge in [-0.2, -0.15) is 4.31 Å². The minimum absolute atomic E-state index is 0.0755. The molecule has 0 amide bonds. The van der Waals surface area contributed by atoms with Crippen LogP contribution < -0.4 is 0 Å². The van der Waals surface area contributed by atoms with E-state index in [1.54, 1.807) is 6.92 Å². The van der Waals surface area contributed by atoms with Gasteiger partial charge in [-0.25, -0.2) is 12.8 Å². The highest BCUT2D eigenvalue weighted by Gasteiger charge is 2.41. The Morgan fingerprint density at radius 1 is 1.45 bits per heavy atom. The summed E-state index contributed by atoms with van der Waals surface area (Å²) in [4.78, 5) is 10.7. The van der Waals surface area contributed by atoms with Gasteiger partial charge in [-0.15, -0.1) is 0 Å². The van der Waals surface area contributed by atoms with Crippen LogP contribution in [0.3, 0.4) is 0 Å². The molecule has 110 valence electrons. The molecule has 1 N–H and O–H groups in total. The second-order valence-corrected chi connectivity index (χ2v) is 7.13. The normalized spacial score (nSPS) is 23.9. The largest absolute Gasteiger partial charge is 0.481 e. The summed E-state index contributed by atoms with van der Waals surface area (Å²) in [5.41, 5.74) is 0. The number of halogens is 2. The van der Waals surface area contributed by atoms with E-state index in [-0.39, 0.29) is 28.9 Å². The summed E-state index contributed by atoms with van der Waals surface area (Å²) in [6.07, 6.45) is 0. The maximum atomic E-state index is 13.2. The lowest BCUT2D eigenvalue weighted by atomic mass is 9.99. The number of hydrogen-bond donors (Lipinski definition) is 1. The lowest BCUT2D eigenvalue weighted by molar-refractivity contribution is -0.142. The number of benzene rings is 1. The second-order valence-electron chi connectivity index (χ2n) is 4.82. The Kier molecular flexibility index (Phi) is 4.04. The minimum Gasteiger partial charge on any atom is -0.481 e. The van der Waals surface area contributed by atoms with E-state index in [0.29, 0.717) is 0 Å². The van der Waals surface area contributed by atoms with Crippen molar-refractivity contribution in [3.05, 3.63) is 29.0 Å². The third kappa shape index (κ3) is 2.65. The van der Waals surface area contributed by atoms with Gasteiger partial charge in [0.2, 0.25) is 10.0 Å². The Morgan fingerprint density at radius 3 is 2.65 bits per heavy atom. The van der Waals surface area contributed by atoms with Crippen molar-refractivity contribution in [1.29, 1.82) is 0 Å². The number of hydrogen-bond acceptors (Lipinski definition) is 3. The Hall–Kier alpha value is -1.18. The van der Waals surface area contributed by atoms with Gasteiger partial charge in [-0.1, -0.05) is 18.5 Å². The van der Waals surface area contributed by atoms with Gasteiger partial charge in [-0.05, 0) is 24.1 Å². The number of carbonyl (C=O) groups is 1. The van der Waals surface area contributed by atoms with Crippen LogP contribution in [0, 0.1) is 17.7 Å². The zero-order chi connectivity index (χ0) is 15.1. The zero-order valence-electron chi connectivity index (χ0n) is 10.6. The smallest absolute Gasteiger partial charge is 0.308 e. The molecule has 1 aliphatic heterocycles. The van der Waals surface area contributed by atoms with Gasteiger partial charge in [0, 0.05) is 13.1 Å². The highest BCUT2D eigenvalue weighted by molar-refractivity contribution is 7.89. The van der Waals surface area contributed by atoms with Crippen LogP contribution in [0.5, 0.6) is 0 Å². The zero-order valence-corrected chi connectivity index (χ0v) is 12.2. The van der Waals surface area contributed by atoms with E-state index in [2.05, 4.69) is 0 Å². The first-order chi connectivity index (χ1) is 9.23. The fourth-order valence-electron chi connectivity index (χ4n) is 2.25. The van der Waals surface area contributed by atoms with Gasteiger partial charge < -0.3 is 5.11 Å². The molecule has 0 bridgehead atoms. The van der Waals surface area contributed by atoms with Gasteiger partial charge in [0.15, 0.2) is 0 Å². The molecule has 5 nitrogen and oxygen atoms in total. The molecule has 0 spiro atoms. The summed E-state index contributed by atoms with van der Waals surface area (Å²) >= 11 is 5.81. The number of carboxylic acids is 1. The van der Waals surface area contributed by atoms with E-state index >= 15 is 0 Å². The molecule has 0 unspecified atom stereocenters. The number of carboxylic acid groups (broad SMARTS) is 1. The van der Waals surface area contributed by atoms with E-state index in [0.717, 1.165) is 22.5 Å². The molecule has 0 aliphatic carbocycles. The van der Waals surface area contributed by atoms with Crippen molar-refractivity contribution in [2.24, 2.45) is 11.8 Å². The van der Waals surface area contributed by atoms with E-state index in [1.807, 2.05) is 0 Å². The average molecular weight is 322 g/mol. The van der Waals surface area contributed by atoms with Crippen LogP contribution in [0.1, 0.15) is 6.92 Å². The molecule has 0 aromatic heterocycles. The maximum absolute atomic E-state index is 13.2. The van der Waals surface area contributed by atoms with Crippen LogP contribution in [0.25, 0.3) is 0 Å². The topological polar surface area (TPSA) is 74.7 Å². The monoisotopic (exact) mass is 321 g/mol. The van der Waals surface area contributed by atoms with Gasteiger partial charge >= 0.3 is 5.97 Å². The lowest BCUT2D eigenvalue weighted by Gasteiger charge is -2.17. The predicted octanol–water partition coefficient (Wildman–Crippen LogP) is 1.82. The number of nitrogens with zero attached hydrogens (tertiary/aromatic N) is 1. The first kappa shape index (κ1) is 15.2. The molecule has 1 fully saturated rings. The molecule has 1 aromatic rings. The third-order valence-corrected chi connectivity index (χ3v) is 5.72. The lowest BCUT2D eigenvalue weighted by Crippen LogP contribution is -2.30. The van der Waals surface area contributed by atoms with Crippen molar-refractivity contribution < 1.29 is 22.7 Å². The van der Waals surface area contributed by atoms with Crippen molar-refractivity contribution in [3.8, 4) is 0 Å². The van der Waals surface area contributed by atoms with Crippen LogP contribution in [0.2, 0.25) is 5.02 Å². The SMILES string of the molecule is C[C@@H]1CN(S(=O)(=O)c2cc(F)ccc2Cl)C[C@H]1C(=O)O. The summed E-state index contributed by atoms with van der Waals surface area (Å²) in [7, 11) is -3.99. The van der Waals surface area contributed by atoms with Crippen molar-refractivity contribution >= 4 is 27.6 Å². The summed E-state index contributed by atoms with van der Waals surface area (Å²) < 4.78 is 39.1. The molecular weight excluding hydrogens is 309 g/mol. The predicted molar refractivity (Wildman–Crippen MR) is 70.5 cm³/mol. The van der Waals surface area contributed by atoms with E-state index in [4.69, 9.17) is 16.7 Å². The minimum atomic E-state index is -3.99. The number of rotatable bonds is 3. The fourth-order valence-corrected chi connectivity index (χ4v) is 4.31. The molecule has 2 rings (SSSR count). The molecule has 0 saturated carbocycles. The highest BCUT2D eigenvalue weighted by atomic mass is 35.5. The summed E-state index contributed by atoms with van der Waals surface area (Å²) in [5, 5.41) is 8.94. The van der Waals surface area contributed by atoms with Gasteiger partial charge in [-0.3, -0.25) is 4.79 Å². The molecule has 0 radical (unpaired) electrons. The van der Waals surface area contributed by atoms with Crippen LogP contribution in [0.15, 0.2) is 23.1 Å². The fraction of sp³-hybridized carbons (Fsp3) is 0.417. The van der Waals surface area contributed by atoms with Crippen molar-refractivity contribution in [2.75, 3.05) is 13.1 Å². The maximum Gasteiger partial charge on any atom is 0.308 e. The number of aliphatic carboxylic acids is 1. The van der Waals surface area contributed by atoms with Crippen molar-refractivity contribution in [3.63, 3.8) is 0 Å². The van der Waals surface area contributed by atoms with E-state index < -0.39 is 27.7 Å². The van der Waals surface area contributed by atoms with E-state index in [9.17, 15) is 17.6 Å². The molecule has 1 saturated heterocycles. The first-order valence-electron chi connectivity index (χ1n) is 5.91. The van der Waals surface area contributed by atoms with E-state index in [1.165, 1.54) is 0 Å². The standard InChI is InChI=1S/C12H13ClFNO4S/c1-7-5-15(6-9(7)12(16)17)20(18,19)11-4-8(14)2-3-10(11)13/h2-4,7,9H,5-6H2,1H3,(H,16,17)/t7-,9-/m1/s1. The quantitative estimate of drug-likeness (QED) is 0.921. The molecule has 1 heterocycles. The summed E-state index contributed by atoms with van der Waals surface area (Å²) in [5.74, 6) is -2.83. The highest BCUT2D eigenvalue weighted by Crippen LogP contribution is 2.31. The molecule has 1 aliphatic rings. The number of sulfonamides is 1.